The van der Waals surface area contributed by atoms with Gasteiger partial charge in [-0.25, -0.2) is 5.43 Å². The highest BCUT2D eigenvalue weighted by atomic mass is 19.4. The molecule has 16 nitrogen and oxygen atoms in total. The molecule has 2 aromatic heterocycles. The summed E-state index contributed by atoms with van der Waals surface area (Å²) in [5.41, 5.74) is 6.81. The van der Waals surface area contributed by atoms with Crippen LogP contribution >= 0.6 is 0 Å². The number of likely N-dealkylation sites (tertiary alicyclic amines) is 1. The number of esters is 1. The van der Waals surface area contributed by atoms with Crippen molar-refractivity contribution in [2.24, 2.45) is 24.3 Å². The smallest absolute Gasteiger partial charge is 0.406 e. The number of methoxy groups -OCH3 is 1. The summed E-state index contributed by atoms with van der Waals surface area (Å²) in [7, 11) is 4.82. The van der Waals surface area contributed by atoms with Crippen LogP contribution in [0.1, 0.15) is 88.1 Å². The number of rotatable bonds is 10. The fourth-order valence-corrected chi connectivity index (χ4v) is 10.1. The van der Waals surface area contributed by atoms with Crippen LogP contribution in [0.5, 0.6) is 0 Å². The molecule has 6 bridgehead atoms. The Morgan fingerprint density at radius 3 is 2.57 bits per heavy atom. The first-order chi connectivity index (χ1) is 32.1. The van der Waals surface area contributed by atoms with Gasteiger partial charge >= 0.3 is 12.1 Å². The van der Waals surface area contributed by atoms with Gasteiger partial charge in [0, 0.05) is 87.9 Å². The van der Waals surface area contributed by atoms with Crippen molar-refractivity contribution < 1.29 is 46.6 Å². The highest BCUT2D eigenvalue weighted by Crippen LogP contribution is 2.43. The number of cyclic esters (lactones) is 1. The summed E-state index contributed by atoms with van der Waals surface area (Å²) in [6, 6.07) is 4.37. The van der Waals surface area contributed by atoms with Crippen LogP contribution in [-0.4, -0.2) is 123 Å². The first-order valence-electron chi connectivity index (χ1n) is 23.2. The molecule has 0 saturated carbocycles. The van der Waals surface area contributed by atoms with E-state index >= 15 is 0 Å². The number of fused-ring (bicyclic) bond motifs is 6. The Morgan fingerprint density at radius 1 is 1.13 bits per heavy atom. The van der Waals surface area contributed by atoms with E-state index in [2.05, 4.69) is 22.4 Å². The lowest BCUT2D eigenvalue weighted by molar-refractivity contribution is -0.155. The molecule has 2 saturated heterocycles. The van der Waals surface area contributed by atoms with Crippen LogP contribution in [-0.2, 0) is 66.4 Å². The fraction of sp³-hybridized carbons (Fsp3) is 0.551. The zero-order valence-electron chi connectivity index (χ0n) is 40.2. The minimum Gasteiger partial charge on any atom is -0.464 e. The molecule has 19 heteroatoms. The third-order valence-electron chi connectivity index (χ3n) is 13.6. The molecule has 0 aliphatic carbocycles. The number of aromatic nitrogens is 3. The highest BCUT2D eigenvalue weighted by Gasteiger charge is 2.41. The second-order valence-corrected chi connectivity index (χ2v) is 19.6. The maximum Gasteiger partial charge on any atom is 0.406 e. The van der Waals surface area contributed by atoms with Gasteiger partial charge in [0.2, 0.25) is 17.7 Å². The van der Waals surface area contributed by atoms with Gasteiger partial charge in [-0.3, -0.25) is 33.7 Å². The highest BCUT2D eigenvalue weighted by molar-refractivity contribution is 5.94. The number of benzene rings is 1. The number of aryl methyl sites for hydroxylation is 1. The van der Waals surface area contributed by atoms with E-state index in [-0.39, 0.29) is 56.8 Å². The predicted molar refractivity (Wildman–Crippen MR) is 248 cm³/mol. The lowest BCUT2D eigenvalue weighted by Crippen LogP contribution is -2.62. The molecule has 0 unspecified atom stereocenters. The van der Waals surface area contributed by atoms with Gasteiger partial charge < -0.3 is 34.1 Å². The number of likely N-dealkylation sites (N-methyl/N-ethyl adjacent to an activating group) is 1. The van der Waals surface area contributed by atoms with Crippen LogP contribution in [0.4, 0.5) is 18.9 Å². The number of hydrogen-bond donors (Lipinski definition) is 2. The number of alkyl halides is 3. The Bertz CT molecular complexity index is 2460. The van der Waals surface area contributed by atoms with Gasteiger partial charge in [0.25, 0.3) is 5.91 Å². The second-order valence-electron chi connectivity index (χ2n) is 19.6. The summed E-state index contributed by atoms with van der Waals surface area (Å²) in [4.78, 5) is 74.2. The van der Waals surface area contributed by atoms with Crippen LogP contribution in [0.3, 0.4) is 0 Å². The van der Waals surface area contributed by atoms with Gasteiger partial charge in [-0.15, -0.1) is 0 Å². The number of ether oxygens (including phenoxy) is 2. The minimum atomic E-state index is -4.58. The first-order valence-corrected chi connectivity index (χ1v) is 23.2. The van der Waals surface area contributed by atoms with E-state index in [0.29, 0.717) is 70.8 Å². The summed E-state index contributed by atoms with van der Waals surface area (Å²) < 4.78 is 58.7. The van der Waals surface area contributed by atoms with Crippen molar-refractivity contribution in [2.75, 3.05) is 45.3 Å². The van der Waals surface area contributed by atoms with Gasteiger partial charge in [-0.1, -0.05) is 46.4 Å². The molecule has 6 heterocycles. The maximum absolute atomic E-state index is 14.7. The molecule has 7 rings (SSSR count). The van der Waals surface area contributed by atoms with E-state index in [1.54, 1.807) is 42.1 Å². The Kier molecular flexibility index (Phi) is 14.7. The molecule has 2 fully saturated rings. The molecule has 4 aliphatic heterocycles. The SMILES string of the molecule is C=CC(=O)N1CC[C@H](C(=O)N(C)[C@H](C(=O)N[C@H]2Cc3cccc(c3)N3C=Cc4c(c(c(-c5cnn(C)c5[C@H](C)OC)n4CC(F)(F)F)CC(C)(C)COC(=O)[C@@H]4CCCN(N4)C2=O)C3)C(C)C)C1. The van der Waals surface area contributed by atoms with Gasteiger partial charge in [0.15, 0.2) is 0 Å². The number of nitrogens with one attached hydrogen (secondary N) is 2. The third-order valence-corrected chi connectivity index (χ3v) is 13.6. The van der Waals surface area contributed by atoms with Crippen molar-refractivity contribution >= 4 is 41.4 Å². The number of carbonyl (C=O) groups is 5. The Labute approximate surface area is 395 Å². The first kappa shape index (κ1) is 49.9. The minimum absolute atomic E-state index is 0.0191. The van der Waals surface area contributed by atoms with Crippen molar-refractivity contribution in [3.8, 4) is 11.3 Å². The summed E-state index contributed by atoms with van der Waals surface area (Å²) in [6.45, 7) is 12.5. The topological polar surface area (TPSA) is 164 Å². The van der Waals surface area contributed by atoms with Crippen molar-refractivity contribution in [2.45, 2.75) is 110 Å². The molecule has 68 heavy (non-hydrogen) atoms. The van der Waals surface area contributed by atoms with Crippen LogP contribution in [0.15, 0.2) is 49.3 Å². The van der Waals surface area contributed by atoms with Gasteiger partial charge in [0.05, 0.1) is 36.2 Å². The van der Waals surface area contributed by atoms with Gasteiger partial charge in [-0.05, 0) is 73.9 Å². The Balaban J connectivity index is 1.28. The van der Waals surface area contributed by atoms with E-state index in [4.69, 9.17) is 9.47 Å². The zero-order chi connectivity index (χ0) is 49.4. The molecular formula is C49H64F3N9O7. The van der Waals surface area contributed by atoms with E-state index in [0.717, 1.165) is 0 Å². The van der Waals surface area contributed by atoms with E-state index in [1.165, 1.54) is 27.7 Å². The van der Waals surface area contributed by atoms with Gasteiger partial charge in [-0.2, -0.15) is 18.3 Å². The molecule has 4 aliphatic rings. The Hall–Kier alpha value is -5.95. The molecule has 368 valence electrons. The molecule has 0 radical (unpaired) electrons. The van der Waals surface area contributed by atoms with Crippen molar-refractivity contribution in [3.05, 3.63) is 77.4 Å². The number of nitrogens with zero attached hydrogens (tertiary/aromatic N) is 7. The maximum atomic E-state index is 14.7. The number of hydrogen-bond acceptors (Lipinski definition) is 10. The normalized spacial score (nSPS) is 21.8. The third kappa shape index (κ3) is 10.5. The quantitative estimate of drug-likeness (QED) is 0.201. The average Bonchev–Trinajstić information content (AvgIpc) is 4.02. The molecule has 1 aromatic carbocycles. The largest absolute Gasteiger partial charge is 0.464 e. The number of anilines is 1. The van der Waals surface area contributed by atoms with E-state index in [9.17, 15) is 37.1 Å². The molecule has 0 spiro atoms. The van der Waals surface area contributed by atoms with Crippen molar-refractivity contribution in [1.29, 1.82) is 0 Å². The van der Waals surface area contributed by atoms with Crippen LogP contribution in [0.2, 0.25) is 0 Å². The lowest BCUT2D eigenvalue weighted by Gasteiger charge is -2.37. The Morgan fingerprint density at radius 2 is 1.88 bits per heavy atom. The average molecular weight is 948 g/mol. The second kappa shape index (κ2) is 19.9. The number of amides is 4. The lowest BCUT2D eigenvalue weighted by atomic mass is 9.83. The predicted octanol–water partition coefficient (Wildman–Crippen LogP) is 5.32. The van der Waals surface area contributed by atoms with Crippen LogP contribution in [0, 0.1) is 17.3 Å². The molecule has 3 aromatic rings. The summed E-state index contributed by atoms with van der Waals surface area (Å²) in [5.74, 6) is -3.09. The monoisotopic (exact) mass is 947 g/mol. The van der Waals surface area contributed by atoms with Crippen LogP contribution < -0.4 is 15.6 Å². The van der Waals surface area contributed by atoms with Crippen LogP contribution in [0.25, 0.3) is 17.3 Å². The van der Waals surface area contributed by atoms with E-state index in [1.807, 2.05) is 63.8 Å². The summed E-state index contributed by atoms with van der Waals surface area (Å²) in [6.07, 6.45) is 2.62. The number of carbonyl (C=O) groups excluding carboxylic acids is 5. The molecular weight excluding hydrogens is 884 g/mol. The summed E-state index contributed by atoms with van der Waals surface area (Å²) >= 11 is 0. The molecule has 2 N–H and O–H groups in total. The standard InChI is InChI=1S/C49H64F3N9O7/c1-10-40(62)59-19-16-32(25-59)45(64)56(7)41(29(2)3)44(63)54-38-22-31-13-11-14-33(21-31)58-20-17-39-36(26-58)34(23-48(5,6)28-68-47(66)37-15-12-18-61(55-37)46(38)65)43(60(39)27-49(50,51)52)35-24-53-57(8)42(35)30(4)67-9/h10-11,13-14,17,20-21,24,29-30,32,37-38,41,55H,1,12,15-16,18-19,22-23,25-28H2,2-9H3,(H,54,63)/t30-,32-,37-,38-,41-/m0/s1. The fourth-order valence-electron chi connectivity index (χ4n) is 10.1. The zero-order valence-corrected chi connectivity index (χ0v) is 40.2. The summed E-state index contributed by atoms with van der Waals surface area (Å²) in [5, 5.41) is 8.82. The molecule has 4 amide bonds. The van der Waals surface area contributed by atoms with Gasteiger partial charge in [0.1, 0.15) is 24.7 Å². The van der Waals surface area contributed by atoms with E-state index < -0.39 is 66.1 Å². The number of halogens is 3. The molecule has 5 atom stereocenters. The number of hydrazine groups is 1. The van der Waals surface area contributed by atoms with Crippen molar-refractivity contribution in [1.82, 2.24) is 39.9 Å². The van der Waals surface area contributed by atoms with Crippen molar-refractivity contribution in [3.63, 3.8) is 0 Å².